The second kappa shape index (κ2) is 8.45. The molecule has 1 atom stereocenters. The van der Waals surface area contributed by atoms with Crippen molar-refractivity contribution in [1.29, 1.82) is 0 Å². The van der Waals surface area contributed by atoms with Crippen LogP contribution < -0.4 is 10.6 Å². The summed E-state index contributed by atoms with van der Waals surface area (Å²) in [5, 5.41) is -5.87. The zero-order valence-corrected chi connectivity index (χ0v) is 17.3. The Hall–Kier alpha value is -2.68. The molecular formula is C16H19F5N2O7S. The lowest BCUT2D eigenvalue weighted by Gasteiger charge is -2.26. The molecule has 0 fully saturated rings. The SMILES string of the molecule is CN(C(=O)OC(C)(C)C)c1ccc(C(=O)OC(C(F)(F)F)C(F)(F)S(=O)(=O)O)cc1N. The lowest BCUT2D eigenvalue weighted by Crippen LogP contribution is -2.52. The fourth-order valence-corrected chi connectivity index (χ4v) is 2.50. The van der Waals surface area contributed by atoms with Crippen molar-refractivity contribution in [2.75, 3.05) is 17.7 Å². The second-order valence-electron chi connectivity index (χ2n) is 7.18. The molecule has 3 N–H and O–H groups in total. The molecule has 9 nitrogen and oxygen atoms in total. The number of ether oxygens (including phenoxy) is 2. The van der Waals surface area contributed by atoms with Gasteiger partial charge in [-0.2, -0.15) is 30.4 Å². The predicted octanol–water partition coefficient (Wildman–Crippen LogP) is 3.21. The average molecular weight is 478 g/mol. The zero-order chi connectivity index (χ0) is 24.6. The first kappa shape index (κ1) is 26.4. The maximum absolute atomic E-state index is 13.5. The molecule has 0 heterocycles. The molecular weight excluding hydrogens is 459 g/mol. The minimum absolute atomic E-state index is 0.0403. The number of benzene rings is 1. The van der Waals surface area contributed by atoms with Gasteiger partial charge in [0.1, 0.15) is 5.60 Å². The molecule has 1 rings (SSSR count). The summed E-state index contributed by atoms with van der Waals surface area (Å²) in [4.78, 5) is 24.9. The first-order valence-electron chi connectivity index (χ1n) is 8.17. The Balaban J connectivity index is 3.20. The van der Waals surface area contributed by atoms with Crippen molar-refractivity contribution in [2.45, 2.75) is 43.9 Å². The van der Waals surface area contributed by atoms with Gasteiger partial charge in [0.25, 0.3) is 6.10 Å². The Labute approximate surface area is 173 Å². The Morgan fingerprint density at radius 3 is 2.03 bits per heavy atom. The zero-order valence-electron chi connectivity index (χ0n) is 16.5. The smallest absolute Gasteiger partial charge is 0.432 e. The number of anilines is 2. The molecule has 15 heteroatoms. The lowest BCUT2D eigenvalue weighted by atomic mass is 10.1. The summed E-state index contributed by atoms with van der Waals surface area (Å²) in [6.07, 6.45) is -11.4. The van der Waals surface area contributed by atoms with Crippen LogP contribution in [0.3, 0.4) is 0 Å². The summed E-state index contributed by atoms with van der Waals surface area (Å²) in [6.45, 7) is 4.75. The van der Waals surface area contributed by atoms with Gasteiger partial charge in [-0.05, 0) is 39.0 Å². The van der Waals surface area contributed by atoms with E-state index in [-0.39, 0.29) is 11.4 Å². The highest BCUT2D eigenvalue weighted by Gasteiger charge is 2.66. The lowest BCUT2D eigenvalue weighted by molar-refractivity contribution is -0.248. The van der Waals surface area contributed by atoms with E-state index >= 15 is 0 Å². The van der Waals surface area contributed by atoms with Crippen LogP contribution in [0.1, 0.15) is 31.1 Å². The van der Waals surface area contributed by atoms with E-state index in [1.807, 2.05) is 0 Å². The van der Waals surface area contributed by atoms with Crippen LogP contribution in [0.4, 0.5) is 38.1 Å². The van der Waals surface area contributed by atoms with E-state index in [1.54, 1.807) is 20.8 Å². The third-order valence-corrected chi connectivity index (χ3v) is 4.37. The Morgan fingerprint density at radius 2 is 1.65 bits per heavy atom. The summed E-state index contributed by atoms with van der Waals surface area (Å²) >= 11 is 0. The first-order chi connectivity index (χ1) is 13.7. The second-order valence-corrected chi connectivity index (χ2v) is 8.67. The number of nitrogen functional groups attached to an aromatic ring is 1. The van der Waals surface area contributed by atoms with Crippen molar-refractivity contribution in [3.05, 3.63) is 23.8 Å². The van der Waals surface area contributed by atoms with E-state index in [2.05, 4.69) is 4.74 Å². The predicted molar refractivity (Wildman–Crippen MR) is 97.2 cm³/mol. The number of rotatable bonds is 5. The van der Waals surface area contributed by atoms with Gasteiger partial charge in [0.15, 0.2) is 0 Å². The van der Waals surface area contributed by atoms with E-state index in [0.29, 0.717) is 0 Å². The number of amides is 1. The van der Waals surface area contributed by atoms with Crippen LogP contribution in [0.25, 0.3) is 0 Å². The Morgan fingerprint density at radius 1 is 1.13 bits per heavy atom. The molecule has 0 bridgehead atoms. The molecule has 0 radical (unpaired) electrons. The molecule has 31 heavy (non-hydrogen) atoms. The molecule has 0 aliphatic heterocycles. The molecule has 0 aromatic heterocycles. The van der Waals surface area contributed by atoms with Gasteiger partial charge >= 0.3 is 33.6 Å². The highest BCUT2D eigenvalue weighted by atomic mass is 32.2. The van der Waals surface area contributed by atoms with Gasteiger partial charge in [-0.1, -0.05) is 0 Å². The van der Waals surface area contributed by atoms with Crippen molar-refractivity contribution in [2.24, 2.45) is 0 Å². The van der Waals surface area contributed by atoms with Gasteiger partial charge in [0.2, 0.25) is 0 Å². The van der Waals surface area contributed by atoms with Crippen LogP contribution in [0, 0.1) is 0 Å². The highest BCUT2D eigenvalue weighted by molar-refractivity contribution is 7.86. The van der Waals surface area contributed by atoms with Crippen LogP contribution >= 0.6 is 0 Å². The Kier molecular flexibility index (Phi) is 7.19. The standard InChI is InChI=1S/C16H19F5N2O7S/c1-14(2,3)30-13(25)23(4)10-6-5-8(7-9(10)22)11(24)29-12(15(17,18)19)16(20,21)31(26,27)28/h5-7,12H,22H2,1-4H3,(H,26,27,28). The quantitative estimate of drug-likeness (QED) is 0.285. The number of hydrogen-bond donors (Lipinski definition) is 2. The van der Waals surface area contributed by atoms with E-state index in [9.17, 15) is 40.0 Å². The van der Waals surface area contributed by atoms with Gasteiger partial charge in [0, 0.05) is 7.05 Å². The highest BCUT2D eigenvalue weighted by Crippen LogP contribution is 2.38. The monoisotopic (exact) mass is 478 g/mol. The molecule has 176 valence electrons. The van der Waals surface area contributed by atoms with Crippen molar-refractivity contribution < 1.29 is 54.0 Å². The molecule has 0 saturated carbocycles. The Bertz CT molecular complexity index is 958. The van der Waals surface area contributed by atoms with E-state index in [1.165, 1.54) is 7.05 Å². The van der Waals surface area contributed by atoms with Crippen LogP contribution in [0.15, 0.2) is 18.2 Å². The summed E-state index contributed by atoms with van der Waals surface area (Å²) in [5.74, 6) is -2.01. The maximum atomic E-state index is 13.5. The largest absolute Gasteiger partial charge is 0.443 e. The number of alkyl halides is 5. The van der Waals surface area contributed by atoms with Crippen LogP contribution in [0.2, 0.25) is 0 Å². The molecule has 0 aliphatic carbocycles. The molecule has 1 unspecified atom stereocenters. The van der Waals surface area contributed by atoms with Gasteiger partial charge < -0.3 is 15.2 Å². The third kappa shape index (κ3) is 6.40. The fourth-order valence-electron chi connectivity index (χ4n) is 2.05. The topological polar surface area (TPSA) is 136 Å². The van der Waals surface area contributed by atoms with Crippen molar-refractivity contribution >= 4 is 33.6 Å². The minimum atomic E-state index is -6.58. The van der Waals surface area contributed by atoms with E-state index < -0.39 is 50.9 Å². The third-order valence-electron chi connectivity index (χ3n) is 3.46. The average Bonchev–Trinajstić information content (AvgIpc) is 2.54. The van der Waals surface area contributed by atoms with E-state index in [0.717, 1.165) is 23.1 Å². The maximum Gasteiger partial charge on any atom is 0.432 e. The number of hydrogen-bond acceptors (Lipinski definition) is 7. The number of carbonyl (C=O) groups is 2. The normalized spacial score (nSPS) is 14.0. The first-order valence-corrected chi connectivity index (χ1v) is 9.61. The molecule has 0 saturated heterocycles. The van der Waals surface area contributed by atoms with Crippen molar-refractivity contribution in [3.63, 3.8) is 0 Å². The van der Waals surface area contributed by atoms with Gasteiger partial charge in [0.05, 0.1) is 16.9 Å². The minimum Gasteiger partial charge on any atom is -0.443 e. The van der Waals surface area contributed by atoms with E-state index in [4.69, 9.17) is 15.0 Å². The van der Waals surface area contributed by atoms with Crippen LogP contribution in [-0.2, 0) is 19.6 Å². The molecule has 0 spiro atoms. The molecule has 1 aromatic rings. The molecule has 0 aliphatic rings. The summed E-state index contributed by atoms with van der Waals surface area (Å²) < 4.78 is 104. The number of esters is 1. The fraction of sp³-hybridized carbons (Fsp3) is 0.500. The summed E-state index contributed by atoms with van der Waals surface area (Å²) in [6, 6.07) is 2.52. The van der Waals surface area contributed by atoms with Crippen LogP contribution in [0.5, 0.6) is 0 Å². The number of halogens is 5. The summed E-state index contributed by atoms with van der Waals surface area (Å²) in [5.41, 5.74) is 3.66. The van der Waals surface area contributed by atoms with Gasteiger partial charge in [-0.15, -0.1) is 0 Å². The van der Waals surface area contributed by atoms with Crippen LogP contribution in [-0.4, -0.2) is 55.2 Å². The van der Waals surface area contributed by atoms with Gasteiger partial charge in [-0.25, -0.2) is 9.59 Å². The number of nitrogens with zero attached hydrogens (tertiary/aromatic N) is 1. The number of nitrogens with two attached hydrogens (primary N) is 1. The van der Waals surface area contributed by atoms with Crippen molar-refractivity contribution in [3.8, 4) is 0 Å². The van der Waals surface area contributed by atoms with Crippen molar-refractivity contribution in [1.82, 2.24) is 0 Å². The summed E-state index contributed by atoms with van der Waals surface area (Å²) in [7, 11) is -5.34. The molecule has 1 aromatic carbocycles. The molecule has 1 amide bonds. The van der Waals surface area contributed by atoms with Gasteiger partial charge in [-0.3, -0.25) is 9.45 Å². The number of carbonyl (C=O) groups excluding carboxylic acids is 2.